The third-order valence-electron chi connectivity index (χ3n) is 2.66. The van der Waals surface area contributed by atoms with Crippen molar-refractivity contribution in [1.29, 1.82) is 0 Å². The van der Waals surface area contributed by atoms with Crippen LogP contribution in [0.2, 0.25) is 0 Å². The zero-order chi connectivity index (χ0) is 15.5. The molecule has 0 aliphatic carbocycles. The number of benzene rings is 1. The molecular weight excluding hydrogens is 289 g/mol. The van der Waals surface area contributed by atoms with Crippen LogP contribution in [0, 0.1) is 0 Å². The number of nitrogens with one attached hydrogen (secondary N) is 3. The van der Waals surface area contributed by atoms with E-state index in [1.807, 2.05) is 0 Å². The molecule has 2 aromatic rings. The zero-order valence-corrected chi connectivity index (χ0v) is 10.8. The fourth-order valence-electron chi connectivity index (χ4n) is 1.76. The Morgan fingerprint density at radius 2 is 2.14 bits per heavy atom. The fraction of sp³-hybridized carbons (Fsp3) is 0.273. The summed E-state index contributed by atoms with van der Waals surface area (Å²) in [6, 6.07) is 3.38. The quantitative estimate of drug-likeness (QED) is 0.788. The molecular formula is C11H11F3N6O. The zero-order valence-electron chi connectivity index (χ0n) is 10.8. The van der Waals surface area contributed by atoms with Gasteiger partial charge in [-0.15, -0.1) is 10.2 Å². The van der Waals surface area contributed by atoms with Crippen molar-refractivity contribution in [2.24, 2.45) is 0 Å². The summed E-state index contributed by atoms with van der Waals surface area (Å²) in [5, 5.41) is 17.6. The number of aromatic nitrogens is 4. The molecule has 1 heterocycles. The van der Waals surface area contributed by atoms with E-state index < -0.39 is 17.6 Å². The number of para-hydroxylation sites is 1. The maximum atomic E-state index is 12.9. The Balaban J connectivity index is 2.24. The highest BCUT2D eigenvalue weighted by atomic mass is 19.4. The molecule has 0 fully saturated rings. The molecule has 2 rings (SSSR count). The third-order valence-corrected chi connectivity index (χ3v) is 2.66. The number of aromatic amines is 1. The Labute approximate surface area is 116 Å². The minimum Gasteiger partial charge on any atom is -0.387 e. The summed E-state index contributed by atoms with van der Waals surface area (Å²) in [7, 11) is 1.32. The molecule has 0 aliphatic rings. The Bertz CT molecular complexity index is 625. The first-order valence-electron chi connectivity index (χ1n) is 5.82. The van der Waals surface area contributed by atoms with Gasteiger partial charge in [-0.1, -0.05) is 11.3 Å². The predicted octanol–water partition coefficient (Wildman–Crippen LogP) is 1.19. The molecule has 0 spiro atoms. The van der Waals surface area contributed by atoms with Crippen molar-refractivity contribution in [3.05, 3.63) is 35.2 Å². The van der Waals surface area contributed by atoms with Crippen LogP contribution in [0.25, 0.3) is 0 Å². The molecule has 0 saturated carbocycles. The molecule has 0 atom stereocenters. The second-order valence-corrected chi connectivity index (χ2v) is 3.99. The van der Waals surface area contributed by atoms with Crippen molar-refractivity contribution in [3.63, 3.8) is 0 Å². The second-order valence-electron chi connectivity index (χ2n) is 3.99. The number of hydrogen-bond acceptors (Lipinski definition) is 5. The third kappa shape index (κ3) is 3.27. The largest absolute Gasteiger partial charge is 0.418 e. The summed E-state index contributed by atoms with van der Waals surface area (Å²) >= 11 is 0. The standard InChI is InChI=1S/C11H11F3N6O/c1-15-9-6(3-2-4-7(9)11(12,13)14)10(21)16-5-8-17-19-20-18-8/h2-4,15H,5H2,1H3,(H,16,21)(H,17,18,19,20). The molecule has 0 saturated heterocycles. The fourth-order valence-corrected chi connectivity index (χ4v) is 1.76. The Kier molecular flexibility index (Phi) is 4.05. The van der Waals surface area contributed by atoms with Gasteiger partial charge in [0.25, 0.3) is 5.91 Å². The maximum absolute atomic E-state index is 12.9. The Hall–Kier alpha value is -2.65. The number of carbonyl (C=O) groups is 1. The van der Waals surface area contributed by atoms with Gasteiger partial charge in [-0.05, 0) is 12.1 Å². The molecule has 1 amide bonds. The van der Waals surface area contributed by atoms with Gasteiger partial charge in [-0.2, -0.15) is 18.4 Å². The van der Waals surface area contributed by atoms with Crippen LogP contribution in [0.15, 0.2) is 18.2 Å². The molecule has 0 radical (unpaired) electrons. The van der Waals surface area contributed by atoms with E-state index in [9.17, 15) is 18.0 Å². The van der Waals surface area contributed by atoms with Gasteiger partial charge in [0, 0.05) is 7.05 Å². The van der Waals surface area contributed by atoms with E-state index in [1.165, 1.54) is 19.2 Å². The van der Waals surface area contributed by atoms with Gasteiger partial charge in [-0.3, -0.25) is 4.79 Å². The monoisotopic (exact) mass is 300 g/mol. The molecule has 3 N–H and O–H groups in total. The van der Waals surface area contributed by atoms with Crippen molar-refractivity contribution < 1.29 is 18.0 Å². The minimum absolute atomic E-state index is 0.0469. The molecule has 0 aliphatic heterocycles. The van der Waals surface area contributed by atoms with Crippen LogP contribution in [-0.2, 0) is 12.7 Å². The van der Waals surface area contributed by atoms with E-state index in [2.05, 4.69) is 31.3 Å². The van der Waals surface area contributed by atoms with E-state index in [1.54, 1.807) is 0 Å². The average molecular weight is 300 g/mol. The van der Waals surface area contributed by atoms with Gasteiger partial charge >= 0.3 is 6.18 Å². The van der Waals surface area contributed by atoms with Crippen molar-refractivity contribution in [3.8, 4) is 0 Å². The number of alkyl halides is 3. The van der Waals surface area contributed by atoms with Gasteiger partial charge in [-0.25, -0.2) is 0 Å². The first-order chi connectivity index (χ1) is 9.93. The molecule has 1 aromatic heterocycles. The van der Waals surface area contributed by atoms with E-state index in [-0.39, 0.29) is 23.6 Å². The van der Waals surface area contributed by atoms with E-state index in [4.69, 9.17) is 0 Å². The summed E-state index contributed by atoms with van der Waals surface area (Å²) in [6.45, 7) is -0.0469. The molecule has 1 aromatic carbocycles. The summed E-state index contributed by atoms with van der Waals surface area (Å²) in [5.74, 6) is -0.448. The molecule has 21 heavy (non-hydrogen) atoms. The van der Waals surface area contributed by atoms with Gasteiger partial charge in [0.2, 0.25) is 0 Å². The van der Waals surface area contributed by atoms with Crippen molar-refractivity contribution in [2.75, 3.05) is 12.4 Å². The lowest BCUT2D eigenvalue weighted by Gasteiger charge is -2.16. The van der Waals surface area contributed by atoms with Crippen LogP contribution < -0.4 is 10.6 Å². The molecule has 7 nitrogen and oxygen atoms in total. The van der Waals surface area contributed by atoms with E-state index >= 15 is 0 Å². The average Bonchev–Trinajstić information content (AvgIpc) is 2.96. The van der Waals surface area contributed by atoms with Crippen LogP contribution in [-0.4, -0.2) is 33.6 Å². The topological polar surface area (TPSA) is 95.6 Å². The minimum atomic E-state index is -4.55. The van der Waals surface area contributed by atoms with E-state index in [0.717, 1.165) is 6.07 Å². The lowest BCUT2D eigenvalue weighted by molar-refractivity contribution is -0.136. The number of carbonyl (C=O) groups excluding carboxylic acids is 1. The number of anilines is 1. The smallest absolute Gasteiger partial charge is 0.387 e. The summed E-state index contributed by atoms with van der Waals surface area (Å²) < 4.78 is 38.7. The second kappa shape index (κ2) is 5.77. The molecule has 0 bridgehead atoms. The predicted molar refractivity (Wildman–Crippen MR) is 66.3 cm³/mol. The lowest BCUT2D eigenvalue weighted by Crippen LogP contribution is -2.25. The van der Waals surface area contributed by atoms with Crippen molar-refractivity contribution in [1.82, 2.24) is 25.9 Å². The van der Waals surface area contributed by atoms with Gasteiger partial charge < -0.3 is 10.6 Å². The van der Waals surface area contributed by atoms with Crippen LogP contribution >= 0.6 is 0 Å². The lowest BCUT2D eigenvalue weighted by atomic mass is 10.1. The molecule has 10 heteroatoms. The number of halogens is 3. The summed E-state index contributed by atoms with van der Waals surface area (Å²) in [6.07, 6.45) is -4.55. The molecule has 112 valence electrons. The first-order valence-corrected chi connectivity index (χ1v) is 5.82. The number of amides is 1. The van der Waals surface area contributed by atoms with Crippen molar-refractivity contribution >= 4 is 11.6 Å². The normalized spacial score (nSPS) is 11.2. The molecule has 0 unspecified atom stereocenters. The number of hydrogen-bond donors (Lipinski definition) is 3. The highest BCUT2D eigenvalue weighted by molar-refractivity contribution is 6.00. The van der Waals surface area contributed by atoms with Crippen LogP contribution in [0.1, 0.15) is 21.7 Å². The Morgan fingerprint density at radius 1 is 1.38 bits per heavy atom. The highest BCUT2D eigenvalue weighted by Crippen LogP contribution is 2.36. The van der Waals surface area contributed by atoms with Gasteiger partial charge in [0.1, 0.15) is 0 Å². The van der Waals surface area contributed by atoms with Crippen LogP contribution in [0.5, 0.6) is 0 Å². The van der Waals surface area contributed by atoms with Crippen LogP contribution in [0.4, 0.5) is 18.9 Å². The Morgan fingerprint density at radius 3 is 2.71 bits per heavy atom. The number of nitrogens with zero attached hydrogens (tertiary/aromatic N) is 3. The number of tetrazole rings is 1. The summed E-state index contributed by atoms with van der Waals surface area (Å²) in [5.41, 5.74) is -1.30. The van der Waals surface area contributed by atoms with Crippen molar-refractivity contribution in [2.45, 2.75) is 12.7 Å². The first kappa shape index (κ1) is 14.8. The van der Waals surface area contributed by atoms with Crippen LogP contribution in [0.3, 0.4) is 0 Å². The highest BCUT2D eigenvalue weighted by Gasteiger charge is 2.34. The SMILES string of the molecule is CNc1c(C(=O)NCc2nn[nH]n2)cccc1C(F)(F)F. The van der Waals surface area contributed by atoms with Gasteiger partial charge in [0.15, 0.2) is 5.82 Å². The van der Waals surface area contributed by atoms with E-state index in [0.29, 0.717) is 0 Å². The number of rotatable bonds is 4. The maximum Gasteiger partial charge on any atom is 0.418 e. The number of H-pyrrole nitrogens is 1. The van der Waals surface area contributed by atoms with Gasteiger partial charge in [0.05, 0.1) is 23.4 Å². The summed E-state index contributed by atoms with van der Waals surface area (Å²) in [4.78, 5) is 12.0.